The summed E-state index contributed by atoms with van der Waals surface area (Å²) in [6, 6.07) is 5.08. The molecule has 0 spiro atoms. The first-order valence-corrected chi connectivity index (χ1v) is 8.98. The predicted molar refractivity (Wildman–Crippen MR) is 86.8 cm³/mol. The van der Waals surface area contributed by atoms with Gasteiger partial charge in [0.25, 0.3) is 0 Å². The molecule has 2 N–H and O–H groups in total. The highest BCUT2D eigenvalue weighted by atomic mass is 35.5. The standard InChI is InChI=1S/C15H21Cl2NOS/c1-9(2)10-3-6-13(18)15(7-10)20(19)14-8-11(16)4-5-12(14)17/h4-5,8-10,13,15H,3,6-7,18H2,1-2H3. The Morgan fingerprint density at radius 1 is 1.30 bits per heavy atom. The highest BCUT2D eigenvalue weighted by Crippen LogP contribution is 2.35. The number of rotatable bonds is 3. The van der Waals surface area contributed by atoms with Gasteiger partial charge in [0.1, 0.15) is 0 Å². The summed E-state index contributed by atoms with van der Waals surface area (Å²) in [5, 5.41) is 1.03. The molecule has 1 aliphatic rings. The fourth-order valence-corrected chi connectivity index (χ4v) is 5.12. The van der Waals surface area contributed by atoms with E-state index in [2.05, 4.69) is 13.8 Å². The molecule has 112 valence electrons. The lowest BCUT2D eigenvalue weighted by Gasteiger charge is -2.35. The summed E-state index contributed by atoms with van der Waals surface area (Å²) in [4.78, 5) is 0.615. The van der Waals surface area contributed by atoms with Crippen LogP contribution in [0.5, 0.6) is 0 Å². The van der Waals surface area contributed by atoms with Crippen LogP contribution in [0.3, 0.4) is 0 Å². The van der Waals surface area contributed by atoms with Gasteiger partial charge < -0.3 is 5.73 Å². The van der Waals surface area contributed by atoms with Crippen molar-refractivity contribution in [1.29, 1.82) is 0 Å². The van der Waals surface area contributed by atoms with Crippen LogP contribution in [0.15, 0.2) is 23.1 Å². The molecule has 1 aliphatic carbocycles. The Morgan fingerprint density at radius 3 is 2.65 bits per heavy atom. The van der Waals surface area contributed by atoms with E-state index in [0.29, 0.717) is 26.8 Å². The zero-order chi connectivity index (χ0) is 14.9. The van der Waals surface area contributed by atoms with E-state index in [4.69, 9.17) is 28.9 Å². The summed E-state index contributed by atoms with van der Waals surface area (Å²) in [7, 11) is -1.20. The van der Waals surface area contributed by atoms with Gasteiger partial charge >= 0.3 is 0 Å². The fourth-order valence-electron chi connectivity index (χ4n) is 2.83. The van der Waals surface area contributed by atoms with Gasteiger partial charge in [-0.15, -0.1) is 0 Å². The minimum Gasteiger partial charge on any atom is -0.327 e. The van der Waals surface area contributed by atoms with Crippen LogP contribution in [-0.4, -0.2) is 15.5 Å². The molecule has 0 aliphatic heterocycles. The van der Waals surface area contributed by atoms with Gasteiger partial charge in [-0.2, -0.15) is 0 Å². The first-order chi connectivity index (χ1) is 9.40. The average Bonchev–Trinajstić information content (AvgIpc) is 2.41. The lowest BCUT2D eigenvalue weighted by Crippen LogP contribution is -2.43. The maximum Gasteiger partial charge on any atom is 0.0592 e. The topological polar surface area (TPSA) is 43.1 Å². The molecule has 20 heavy (non-hydrogen) atoms. The smallest absolute Gasteiger partial charge is 0.0592 e. The molecule has 4 unspecified atom stereocenters. The first kappa shape index (κ1) is 16.3. The third kappa shape index (κ3) is 3.56. The predicted octanol–water partition coefficient (Wildman–Crippen LogP) is 4.25. The molecule has 5 heteroatoms. The molecular weight excluding hydrogens is 313 g/mol. The molecule has 1 fully saturated rings. The van der Waals surface area contributed by atoms with Crippen LogP contribution in [0.25, 0.3) is 0 Å². The third-order valence-corrected chi connectivity index (χ3v) is 6.75. The quantitative estimate of drug-likeness (QED) is 0.898. The summed E-state index contributed by atoms with van der Waals surface area (Å²) in [6.07, 6.45) is 2.95. The largest absolute Gasteiger partial charge is 0.327 e. The molecule has 1 aromatic carbocycles. The summed E-state index contributed by atoms with van der Waals surface area (Å²) >= 11 is 12.2. The highest BCUT2D eigenvalue weighted by molar-refractivity contribution is 7.85. The second kappa shape index (κ2) is 6.78. The lowest BCUT2D eigenvalue weighted by molar-refractivity contribution is 0.264. The number of hydrogen-bond donors (Lipinski definition) is 1. The monoisotopic (exact) mass is 333 g/mol. The number of nitrogens with two attached hydrogens (primary N) is 1. The van der Waals surface area contributed by atoms with Crippen LogP contribution >= 0.6 is 23.2 Å². The van der Waals surface area contributed by atoms with Crippen LogP contribution in [0, 0.1) is 11.8 Å². The van der Waals surface area contributed by atoms with E-state index in [1.54, 1.807) is 18.2 Å². The van der Waals surface area contributed by atoms with Crippen LogP contribution in [0.4, 0.5) is 0 Å². The van der Waals surface area contributed by atoms with E-state index >= 15 is 0 Å². The van der Waals surface area contributed by atoms with Gasteiger partial charge in [-0.05, 0) is 49.3 Å². The Labute approximate surface area is 133 Å². The zero-order valence-corrected chi connectivity index (χ0v) is 14.1. The van der Waals surface area contributed by atoms with Crippen molar-refractivity contribution in [3.05, 3.63) is 28.2 Å². The number of hydrogen-bond acceptors (Lipinski definition) is 2. The molecule has 0 radical (unpaired) electrons. The van der Waals surface area contributed by atoms with Crippen molar-refractivity contribution in [3.8, 4) is 0 Å². The molecular formula is C15H21Cl2NOS. The van der Waals surface area contributed by atoms with E-state index in [1.807, 2.05) is 0 Å². The first-order valence-electron chi connectivity index (χ1n) is 7.01. The third-order valence-electron chi connectivity index (χ3n) is 4.21. The minimum absolute atomic E-state index is 0.0270. The summed E-state index contributed by atoms with van der Waals surface area (Å²) < 4.78 is 12.8. The summed E-state index contributed by atoms with van der Waals surface area (Å²) in [6.45, 7) is 4.43. The second-order valence-corrected chi connectivity index (χ2v) is 8.38. The van der Waals surface area contributed by atoms with Crippen LogP contribution in [0.2, 0.25) is 10.0 Å². The SMILES string of the molecule is CC(C)C1CCC(N)C(S(=O)c2cc(Cl)ccc2Cl)C1. The van der Waals surface area contributed by atoms with E-state index in [9.17, 15) is 4.21 Å². The van der Waals surface area contributed by atoms with Gasteiger partial charge in [0, 0.05) is 11.1 Å². The Kier molecular flexibility index (Phi) is 5.52. The van der Waals surface area contributed by atoms with E-state index < -0.39 is 10.8 Å². The van der Waals surface area contributed by atoms with Crippen molar-refractivity contribution in [2.24, 2.45) is 17.6 Å². The fraction of sp³-hybridized carbons (Fsp3) is 0.600. The number of halogens is 2. The molecule has 0 aromatic heterocycles. The summed E-state index contributed by atoms with van der Waals surface area (Å²) in [5.74, 6) is 1.18. The van der Waals surface area contributed by atoms with Gasteiger partial charge in [0.2, 0.25) is 0 Å². The molecule has 0 heterocycles. The zero-order valence-electron chi connectivity index (χ0n) is 11.8. The highest BCUT2D eigenvalue weighted by Gasteiger charge is 2.34. The van der Waals surface area contributed by atoms with Gasteiger partial charge in [-0.3, -0.25) is 4.21 Å². The van der Waals surface area contributed by atoms with Crippen molar-refractivity contribution < 1.29 is 4.21 Å². The van der Waals surface area contributed by atoms with Crippen molar-refractivity contribution in [1.82, 2.24) is 0 Å². The van der Waals surface area contributed by atoms with Crippen molar-refractivity contribution in [3.63, 3.8) is 0 Å². The van der Waals surface area contributed by atoms with Gasteiger partial charge in [-0.25, -0.2) is 0 Å². The molecule has 1 aromatic rings. The van der Waals surface area contributed by atoms with E-state index in [-0.39, 0.29) is 11.3 Å². The Balaban J connectivity index is 2.24. The summed E-state index contributed by atoms with van der Waals surface area (Å²) in [5.41, 5.74) is 6.20. The number of benzene rings is 1. The second-order valence-electron chi connectivity index (χ2n) is 5.89. The Bertz CT molecular complexity index is 507. The Morgan fingerprint density at radius 2 is 2.00 bits per heavy atom. The van der Waals surface area contributed by atoms with Gasteiger partial charge in [0.05, 0.1) is 26.0 Å². The molecule has 1 saturated carbocycles. The molecule has 0 amide bonds. The molecule has 0 bridgehead atoms. The van der Waals surface area contributed by atoms with Gasteiger partial charge in [-0.1, -0.05) is 37.0 Å². The van der Waals surface area contributed by atoms with Crippen molar-refractivity contribution in [2.45, 2.75) is 49.3 Å². The molecule has 4 atom stereocenters. The molecule has 0 saturated heterocycles. The maximum absolute atomic E-state index is 12.8. The lowest BCUT2D eigenvalue weighted by atomic mass is 9.79. The van der Waals surface area contributed by atoms with E-state index in [0.717, 1.165) is 19.3 Å². The van der Waals surface area contributed by atoms with Crippen LogP contribution in [0.1, 0.15) is 33.1 Å². The van der Waals surface area contributed by atoms with Crippen LogP contribution in [-0.2, 0) is 10.8 Å². The van der Waals surface area contributed by atoms with Crippen molar-refractivity contribution in [2.75, 3.05) is 0 Å². The van der Waals surface area contributed by atoms with Gasteiger partial charge in [0.15, 0.2) is 0 Å². The molecule has 2 rings (SSSR count). The normalized spacial score (nSPS) is 28.6. The van der Waals surface area contributed by atoms with Crippen molar-refractivity contribution >= 4 is 34.0 Å². The Hall–Kier alpha value is -0.0900. The minimum atomic E-state index is -1.20. The van der Waals surface area contributed by atoms with Crippen LogP contribution < -0.4 is 5.73 Å². The maximum atomic E-state index is 12.8. The molecule has 2 nitrogen and oxygen atoms in total. The average molecular weight is 334 g/mol. The van der Waals surface area contributed by atoms with E-state index in [1.165, 1.54) is 0 Å².